The maximum Gasteiger partial charge on any atom is 0.275 e. The predicted molar refractivity (Wildman–Crippen MR) is 114 cm³/mol. The molecule has 4 heterocycles. The quantitative estimate of drug-likeness (QED) is 0.645. The van der Waals surface area contributed by atoms with Crippen molar-refractivity contribution >= 4 is 22.5 Å². The van der Waals surface area contributed by atoms with Gasteiger partial charge in [-0.3, -0.25) is 14.8 Å². The summed E-state index contributed by atoms with van der Waals surface area (Å²) in [7, 11) is 1.63. The maximum absolute atomic E-state index is 13.1. The van der Waals surface area contributed by atoms with Crippen LogP contribution >= 0.6 is 0 Å². The number of ether oxygens (including phenoxy) is 1. The van der Waals surface area contributed by atoms with E-state index in [0.29, 0.717) is 19.6 Å². The van der Waals surface area contributed by atoms with Crippen molar-refractivity contribution in [1.29, 1.82) is 0 Å². The number of rotatable bonds is 4. The Bertz CT molecular complexity index is 1210. The van der Waals surface area contributed by atoms with E-state index in [2.05, 4.69) is 0 Å². The smallest absolute Gasteiger partial charge is 0.275 e. The van der Waals surface area contributed by atoms with Gasteiger partial charge in [0.15, 0.2) is 0 Å². The van der Waals surface area contributed by atoms with Crippen molar-refractivity contribution in [3.05, 3.63) is 63.9 Å². The molecule has 1 saturated heterocycles. The number of piperidine rings is 1. The molecule has 9 heteroatoms. The molecule has 2 aromatic heterocycles. The fourth-order valence-corrected chi connectivity index (χ4v) is 4.97. The van der Waals surface area contributed by atoms with Crippen LogP contribution in [0.5, 0.6) is 5.75 Å². The average molecular weight is 423 g/mol. The highest BCUT2D eigenvalue weighted by molar-refractivity contribution is 5.84. The molecule has 31 heavy (non-hydrogen) atoms. The van der Waals surface area contributed by atoms with Crippen LogP contribution in [0.25, 0.3) is 10.9 Å². The molecule has 3 aromatic rings. The van der Waals surface area contributed by atoms with E-state index in [1.54, 1.807) is 17.7 Å². The van der Waals surface area contributed by atoms with Gasteiger partial charge in [0, 0.05) is 48.3 Å². The van der Waals surface area contributed by atoms with Crippen molar-refractivity contribution in [2.45, 2.75) is 25.4 Å². The first-order valence-electron chi connectivity index (χ1n) is 10.2. The van der Waals surface area contributed by atoms with Gasteiger partial charge in [0.05, 0.1) is 7.11 Å². The number of amides is 1. The highest BCUT2D eigenvalue weighted by Crippen LogP contribution is 2.35. The minimum absolute atomic E-state index is 0.0302. The van der Waals surface area contributed by atoms with Crippen LogP contribution in [0.1, 0.15) is 18.0 Å². The Kier molecular flexibility index (Phi) is 4.71. The number of likely N-dealkylation sites (tertiary alicyclic amines) is 1. The lowest BCUT2D eigenvalue weighted by Crippen LogP contribution is -2.50. The first-order chi connectivity index (χ1) is 14.9. The van der Waals surface area contributed by atoms with Gasteiger partial charge in [0.1, 0.15) is 18.0 Å². The molecule has 2 atom stereocenters. The van der Waals surface area contributed by atoms with Gasteiger partial charge in [0.2, 0.25) is 5.91 Å². The SMILES string of the molecule is COc1ccc2c(ccn2CC(=O)N2CC3C[C@@H](C2)Cn2c3ccc(N([O-])O)c2=O)c1. The van der Waals surface area contributed by atoms with Gasteiger partial charge in [-0.1, -0.05) is 0 Å². The summed E-state index contributed by atoms with van der Waals surface area (Å²) in [6.45, 7) is 1.78. The number of anilines is 1. The van der Waals surface area contributed by atoms with Gasteiger partial charge in [-0.2, -0.15) is 0 Å². The summed E-state index contributed by atoms with van der Waals surface area (Å²) in [5, 5.41) is 21.0. The zero-order chi connectivity index (χ0) is 21.7. The van der Waals surface area contributed by atoms with Crippen LogP contribution in [-0.2, 0) is 17.9 Å². The molecule has 0 aliphatic carbocycles. The number of nitrogens with zero attached hydrogens (tertiary/aromatic N) is 4. The summed E-state index contributed by atoms with van der Waals surface area (Å²) >= 11 is 0. The number of hydrogen-bond acceptors (Lipinski definition) is 6. The molecular formula is C22H23N4O5-. The zero-order valence-corrected chi connectivity index (χ0v) is 17.1. The lowest BCUT2D eigenvalue weighted by molar-refractivity contribution is -0.134. The second-order valence-corrected chi connectivity index (χ2v) is 8.30. The molecule has 162 valence electrons. The summed E-state index contributed by atoms with van der Waals surface area (Å²) in [6.07, 6.45) is 2.81. The van der Waals surface area contributed by atoms with E-state index in [9.17, 15) is 14.8 Å². The van der Waals surface area contributed by atoms with Crippen LogP contribution in [0.15, 0.2) is 47.4 Å². The molecule has 1 aromatic carbocycles. The number of aromatic nitrogens is 2. The Morgan fingerprint density at radius 1 is 1.23 bits per heavy atom. The van der Waals surface area contributed by atoms with Crippen LogP contribution in [-0.4, -0.2) is 45.3 Å². The molecular weight excluding hydrogens is 400 g/mol. The van der Waals surface area contributed by atoms with Gasteiger partial charge in [-0.05, 0) is 48.7 Å². The third-order valence-electron chi connectivity index (χ3n) is 6.43. The molecule has 1 N–H and O–H groups in total. The van der Waals surface area contributed by atoms with Crippen LogP contribution in [0.4, 0.5) is 5.69 Å². The first-order valence-corrected chi connectivity index (χ1v) is 10.2. The van der Waals surface area contributed by atoms with Crippen molar-refractivity contribution < 1.29 is 14.7 Å². The summed E-state index contributed by atoms with van der Waals surface area (Å²) in [4.78, 5) is 27.5. The largest absolute Gasteiger partial charge is 0.733 e. The van der Waals surface area contributed by atoms with Crippen molar-refractivity contribution in [2.75, 3.05) is 25.4 Å². The second-order valence-electron chi connectivity index (χ2n) is 8.30. The Balaban J connectivity index is 1.36. The van der Waals surface area contributed by atoms with E-state index in [1.165, 1.54) is 6.07 Å². The average Bonchev–Trinajstić information content (AvgIpc) is 3.15. The third-order valence-corrected chi connectivity index (χ3v) is 6.43. The maximum atomic E-state index is 13.1. The fraction of sp³-hybridized carbons (Fsp3) is 0.364. The van der Waals surface area contributed by atoms with Gasteiger partial charge in [0.25, 0.3) is 5.56 Å². The molecule has 2 bridgehead atoms. The number of carbonyl (C=O) groups excluding carboxylic acids is 1. The number of hydrogen-bond donors (Lipinski definition) is 1. The van der Waals surface area contributed by atoms with Crippen molar-refractivity contribution in [1.82, 2.24) is 14.0 Å². The predicted octanol–water partition coefficient (Wildman–Crippen LogP) is 2.15. The van der Waals surface area contributed by atoms with Crippen LogP contribution < -0.4 is 15.5 Å². The van der Waals surface area contributed by atoms with E-state index < -0.39 is 5.56 Å². The fourth-order valence-electron chi connectivity index (χ4n) is 4.97. The first kappa shape index (κ1) is 19.7. The van der Waals surface area contributed by atoms with Gasteiger partial charge < -0.3 is 29.2 Å². The summed E-state index contributed by atoms with van der Waals surface area (Å²) < 4.78 is 8.78. The highest BCUT2D eigenvalue weighted by atomic mass is 16.8. The Morgan fingerprint density at radius 3 is 2.84 bits per heavy atom. The molecule has 1 fully saturated rings. The monoisotopic (exact) mass is 423 g/mol. The summed E-state index contributed by atoms with van der Waals surface area (Å²) in [5.41, 5.74) is 1.01. The van der Waals surface area contributed by atoms with E-state index in [4.69, 9.17) is 9.94 Å². The molecule has 2 aliphatic rings. The van der Waals surface area contributed by atoms with Crippen molar-refractivity contribution in [2.24, 2.45) is 5.92 Å². The van der Waals surface area contributed by atoms with Crippen LogP contribution in [0.2, 0.25) is 0 Å². The lowest BCUT2D eigenvalue weighted by atomic mass is 9.83. The molecule has 1 unspecified atom stereocenters. The van der Waals surface area contributed by atoms with Gasteiger partial charge in [-0.25, -0.2) is 0 Å². The number of pyridine rings is 1. The van der Waals surface area contributed by atoms with Gasteiger partial charge >= 0.3 is 0 Å². The van der Waals surface area contributed by atoms with E-state index in [0.717, 1.165) is 28.8 Å². The molecule has 0 radical (unpaired) electrons. The Labute approximate surface area is 178 Å². The minimum atomic E-state index is -0.487. The topological polar surface area (TPSA) is 103 Å². The number of benzene rings is 1. The Hall–Kier alpha value is -3.30. The summed E-state index contributed by atoms with van der Waals surface area (Å²) in [5.74, 6) is 0.977. The highest BCUT2D eigenvalue weighted by Gasteiger charge is 2.36. The molecule has 9 nitrogen and oxygen atoms in total. The van der Waals surface area contributed by atoms with E-state index >= 15 is 0 Å². The van der Waals surface area contributed by atoms with Gasteiger partial charge in [-0.15, -0.1) is 0 Å². The minimum Gasteiger partial charge on any atom is -0.733 e. The normalized spacial score (nSPS) is 19.9. The van der Waals surface area contributed by atoms with Crippen LogP contribution in [0, 0.1) is 11.1 Å². The molecule has 1 amide bonds. The molecule has 0 spiro atoms. The molecule has 0 saturated carbocycles. The zero-order valence-electron chi connectivity index (χ0n) is 17.1. The van der Waals surface area contributed by atoms with Crippen molar-refractivity contribution in [3.8, 4) is 5.75 Å². The number of carbonyl (C=O) groups is 1. The third kappa shape index (κ3) is 3.35. The lowest BCUT2D eigenvalue weighted by Gasteiger charge is -2.43. The standard InChI is InChI=1S/C22H23N4O5/c1-31-17-2-3-18-15(9-17)6-7-23(18)13-21(27)24-10-14-8-16(12-24)19-4-5-20(26(29)30)22(28)25(19)11-14/h2-7,9,14,16,29H,8,10-13H2,1H3/q-1/t14-,16?/m0/s1. The number of methoxy groups -OCH3 is 1. The molecule has 5 rings (SSSR count). The second kappa shape index (κ2) is 7.44. The van der Waals surface area contributed by atoms with Crippen molar-refractivity contribution in [3.63, 3.8) is 0 Å². The van der Waals surface area contributed by atoms with Crippen LogP contribution in [0.3, 0.4) is 0 Å². The van der Waals surface area contributed by atoms with E-state index in [-0.39, 0.29) is 35.2 Å². The molecule has 2 aliphatic heterocycles. The Morgan fingerprint density at radius 2 is 2.06 bits per heavy atom. The number of fused-ring (bicyclic) bond motifs is 5. The van der Waals surface area contributed by atoms with E-state index in [1.807, 2.05) is 39.9 Å². The summed E-state index contributed by atoms with van der Waals surface area (Å²) in [6, 6.07) is 10.8.